The Labute approximate surface area is 120 Å². The molecule has 0 fully saturated rings. The van der Waals surface area contributed by atoms with E-state index in [-0.39, 0.29) is 5.82 Å². The average molecular weight is 327 g/mol. The molecule has 0 radical (unpaired) electrons. The minimum atomic E-state index is -0.258. The first-order chi connectivity index (χ1) is 9.19. The van der Waals surface area contributed by atoms with E-state index in [1.54, 1.807) is 16.8 Å². The molecule has 6 heteroatoms. The van der Waals surface area contributed by atoms with E-state index in [0.29, 0.717) is 11.0 Å². The second kappa shape index (κ2) is 6.77. The van der Waals surface area contributed by atoms with Gasteiger partial charge in [-0.2, -0.15) is 0 Å². The van der Waals surface area contributed by atoms with E-state index in [1.807, 2.05) is 6.20 Å². The van der Waals surface area contributed by atoms with Crippen LogP contribution in [0.4, 0.5) is 4.39 Å². The van der Waals surface area contributed by atoms with Crippen LogP contribution >= 0.6 is 15.9 Å². The van der Waals surface area contributed by atoms with Crippen LogP contribution in [0, 0.1) is 5.82 Å². The summed E-state index contributed by atoms with van der Waals surface area (Å²) in [5, 5.41) is 11.4. The molecule has 0 aliphatic heterocycles. The van der Waals surface area contributed by atoms with E-state index in [9.17, 15) is 4.39 Å². The van der Waals surface area contributed by atoms with Crippen LogP contribution < -0.4 is 5.32 Å². The molecule has 19 heavy (non-hydrogen) atoms. The maximum atomic E-state index is 13.1. The topological polar surface area (TPSA) is 42.7 Å². The molecule has 0 unspecified atom stereocenters. The van der Waals surface area contributed by atoms with Crippen LogP contribution in [0.1, 0.15) is 24.6 Å². The first kappa shape index (κ1) is 14.1. The monoisotopic (exact) mass is 326 g/mol. The van der Waals surface area contributed by atoms with Gasteiger partial charge in [0.05, 0.1) is 22.9 Å². The van der Waals surface area contributed by atoms with Crippen molar-refractivity contribution in [1.82, 2.24) is 20.3 Å². The molecule has 0 saturated heterocycles. The molecule has 1 N–H and O–H groups in total. The summed E-state index contributed by atoms with van der Waals surface area (Å²) in [4.78, 5) is 0. The summed E-state index contributed by atoms with van der Waals surface area (Å²) in [6, 6.07) is 4.95. The van der Waals surface area contributed by atoms with Gasteiger partial charge < -0.3 is 5.32 Å². The third-order valence-corrected chi connectivity index (χ3v) is 3.26. The van der Waals surface area contributed by atoms with Crippen molar-refractivity contribution in [3.63, 3.8) is 0 Å². The van der Waals surface area contributed by atoms with Gasteiger partial charge in [-0.3, -0.25) is 0 Å². The van der Waals surface area contributed by atoms with Crippen molar-refractivity contribution >= 4 is 15.9 Å². The van der Waals surface area contributed by atoms with E-state index in [2.05, 4.69) is 38.5 Å². The summed E-state index contributed by atoms with van der Waals surface area (Å²) in [5.41, 5.74) is 1.89. The Hall–Kier alpha value is -1.27. The van der Waals surface area contributed by atoms with Crippen LogP contribution in [0.3, 0.4) is 0 Å². The van der Waals surface area contributed by atoms with Gasteiger partial charge in [-0.1, -0.05) is 18.2 Å². The van der Waals surface area contributed by atoms with Crippen LogP contribution in [0.15, 0.2) is 28.9 Å². The summed E-state index contributed by atoms with van der Waals surface area (Å²) in [6.45, 7) is 4.40. The van der Waals surface area contributed by atoms with Crippen molar-refractivity contribution < 1.29 is 4.39 Å². The van der Waals surface area contributed by atoms with E-state index >= 15 is 0 Å². The highest BCUT2D eigenvalue weighted by Crippen LogP contribution is 2.17. The van der Waals surface area contributed by atoms with E-state index in [0.717, 1.165) is 30.8 Å². The molecule has 4 nitrogen and oxygen atoms in total. The smallest absolute Gasteiger partial charge is 0.137 e. The van der Waals surface area contributed by atoms with Gasteiger partial charge in [-0.15, -0.1) is 5.10 Å². The van der Waals surface area contributed by atoms with Gasteiger partial charge in [0, 0.05) is 6.54 Å². The van der Waals surface area contributed by atoms with Crippen LogP contribution in [0.25, 0.3) is 0 Å². The summed E-state index contributed by atoms with van der Waals surface area (Å²) in [6.07, 6.45) is 3.00. The summed E-state index contributed by atoms with van der Waals surface area (Å²) in [7, 11) is 0. The van der Waals surface area contributed by atoms with Crippen LogP contribution in [0.5, 0.6) is 0 Å². The van der Waals surface area contributed by atoms with Crippen LogP contribution in [-0.2, 0) is 13.1 Å². The molecule has 102 valence electrons. The number of halogens is 2. The summed E-state index contributed by atoms with van der Waals surface area (Å²) in [5.74, 6) is -0.258. The van der Waals surface area contributed by atoms with Crippen molar-refractivity contribution in [1.29, 1.82) is 0 Å². The van der Waals surface area contributed by atoms with Crippen molar-refractivity contribution in [3.05, 3.63) is 45.9 Å². The Balaban J connectivity index is 1.97. The maximum Gasteiger partial charge on any atom is 0.137 e. The average Bonchev–Trinajstić information content (AvgIpc) is 2.82. The highest BCUT2D eigenvalue weighted by Gasteiger charge is 2.04. The number of rotatable bonds is 6. The highest BCUT2D eigenvalue weighted by molar-refractivity contribution is 9.10. The fourth-order valence-electron chi connectivity index (χ4n) is 1.72. The SMILES string of the molecule is CCCNCc1cn(Cc2ccc(F)c(Br)c2)nn1. The third-order valence-electron chi connectivity index (χ3n) is 2.65. The zero-order valence-corrected chi connectivity index (χ0v) is 12.3. The number of hydrogen-bond acceptors (Lipinski definition) is 3. The molecular formula is C13H16BrFN4. The Morgan fingerprint density at radius 2 is 2.26 bits per heavy atom. The first-order valence-corrected chi connectivity index (χ1v) is 7.02. The highest BCUT2D eigenvalue weighted by atomic mass is 79.9. The van der Waals surface area contributed by atoms with E-state index in [1.165, 1.54) is 6.07 Å². The molecule has 0 bridgehead atoms. The normalized spacial score (nSPS) is 10.9. The molecule has 2 aromatic rings. The largest absolute Gasteiger partial charge is 0.311 e. The molecule has 2 rings (SSSR count). The van der Waals surface area contributed by atoms with Crippen molar-refractivity contribution in [3.8, 4) is 0 Å². The molecule has 1 aromatic heterocycles. The second-order valence-electron chi connectivity index (χ2n) is 4.33. The number of nitrogens with zero attached hydrogens (tertiary/aromatic N) is 3. The zero-order chi connectivity index (χ0) is 13.7. The lowest BCUT2D eigenvalue weighted by molar-refractivity contribution is 0.615. The predicted octanol–water partition coefficient (Wildman–Crippen LogP) is 2.73. The Morgan fingerprint density at radius 1 is 1.42 bits per heavy atom. The Bertz CT molecular complexity index is 541. The van der Waals surface area contributed by atoms with E-state index in [4.69, 9.17) is 0 Å². The van der Waals surface area contributed by atoms with Gasteiger partial charge in [-0.25, -0.2) is 9.07 Å². The van der Waals surface area contributed by atoms with Gasteiger partial charge in [0.25, 0.3) is 0 Å². The van der Waals surface area contributed by atoms with Crippen molar-refractivity contribution in [2.75, 3.05) is 6.54 Å². The van der Waals surface area contributed by atoms with E-state index < -0.39 is 0 Å². The predicted molar refractivity (Wildman–Crippen MR) is 75.2 cm³/mol. The van der Waals surface area contributed by atoms with Crippen molar-refractivity contribution in [2.45, 2.75) is 26.4 Å². The molecule has 0 aliphatic rings. The standard InChI is InChI=1S/C13H16BrFN4/c1-2-5-16-7-11-9-19(18-17-11)8-10-3-4-13(15)12(14)6-10/h3-4,6,9,16H,2,5,7-8H2,1H3. The minimum absolute atomic E-state index is 0.258. The first-order valence-electron chi connectivity index (χ1n) is 6.22. The van der Waals surface area contributed by atoms with Crippen LogP contribution in [-0.4, -0.2) is 21.5 Å². The van der Waals surface area contributed by atoms with Crippen molar-refractivity contribution in [2.24, 2.45) is 0 Å². The third kappa shape index (κ3) is 4.11. The van der Waals surface area contributed by atoms with Gasteiger partial charge in [0.15, 0.2) is 0 Å². The molecule has 0 aliphatic carbocycles. The second-order valence-corrected chi connectivity index (χ2v) is 5.19. The molecule has 0 spiro atoms. The van der Waals surface area contributed by atoms with Gasteiger partial charge >= 0.3 is 0 Å². The molecule has 0 atom stereocenters. The molecule has 0 amide bonds. The van der Waals surface area contributed by atoms with Gasteiger partial charge in [0.1, 0.15) is 5.82 Å². The minimum Gasteiger partial charge on any atom is -0.311 e. The molecular weight excluding hydrogens is 311 g/mol. The molecule has 1 aromatic carbocycles. The Kier molecular flexibility index (Phi) is 5.04. The zero-order valence-electron chi connectivity index (χ0n) is 10.7. The lowest BCUT2D eigenvalue weighted by Crippen LogP contribution is -2.13. The fourth-order valence-corrected chi connectivity index (χ4v) is 2.14. The number of benzene rings is 1. The summed E-state index contributed by atoms with van der Waals surface area (Å²) >= 11 is 3.18. The molecule has 1 heterocycles. The summed E-state index contributed by atoms with van der Waals surface area (Å²) < 4.78 is 15.3. The fraction of sp³-hybridized carbons (Fsp3) is 0.385. The Morgan fingerprint density at radius 3 is 3.00 bits per heavy atom. The quantitative estimate of drug-likeness (QED) is 0.830. The maximum absolute atomic E-state index is 13.1. The van der Waals surface area contributed by atoms with Crippen LogP contribution in [0.2, 0.25) is 0 Å². The number of hydrogen-bond donors (Lipinski definition) is 1. The number of nitrogens with one attached hydrogen (secondary N) is 1. The lowest BCUT2D eigenvalue weighted by atomic mass is 10.2. The van der Waals surface area contributed by atoms with Gasteiger partial charge in [0.2, 0.25) is 0 Å². The molecule has 0 saturated carbocycles. The lowest BCUT2D eigenvalue weighted by Gasteiger charge is -2.02. The van der Waals surface area contributed by atoms with Gasteiger partial charge in [-0.05, 0) is 46.6 Å². The number of aromatic nitrogens is 3.